The van der Waals surface area contributed by atoms with Crippen LogP contribution in [0.25, 0.3) is 0 Å². The van der Waals surface area contributed by atoms with E-state index >= 15 is 0 Å². The van der Waals surface area contributed by atoms with Crippen LogP contribution in [0.2, 0.25) is 0 Å². The molecule has 2 N–H and O–H groups in total. The van der Waals surface area contributed by atoms with E-state index in [0.717, 1.165) is 11.3 Å². The maximum atomic E-state index is 12.2. The molecule has 0 saturated carbocycles. The quantitative estimate of drug-likeness (QED) is 0.261. The van der Waals surface area contributed by atoms with Crippen LogP contribution in [-0.2, 0) is 29.6 Å². The van der Waals surface area contributed by atoms with Gasteiger partial charge in [-0.1, -0.05) is 23.9 Å². The largest absolute Gasteiger partial charge is 0.497 e. The third kappa shape index (κ3) is 6.77. The van der Waals surface area contributed by atoms with Crippen LogP contribution in [-0.4, -0.2) is 44.4 Å². The van der Waals surface area contributed by atoms with Crippen molar-refractivity contribution in [2.75, 3.05) is 18.2 Å². The lowest BCUT2D eigenvalue weighted by Crippen LogP contribution is -2.26. The number of ether oxygens (including phenoxy) is 1. The van der Waals surface area contributed by atoms with Crippen molar-refractivity contribution < 1.29 is 19.2 Å². The van der Waals surface area contributed by atoms with E-state index in [1.54, 1.807) is 30.9 Å². The van der Waals surface area contributed by atoms with E-state index in [1.807, 2.05) is 12.1 Å². The summed E-state index contributed by atoms with van der Waals surface area (Å²) >= 11 is 1.19. The van der Waals surface area contributed by atoms with Gasteiger partial charge in [-0.15, -0.1) is 10.2 Å². The number of nitrogens with zero attached hydrogens (tertiary/aromatic N) is 4. The Morgan fingerprint density at radius 2 is 1.79 bits per heavy atom. The van der Waals surface area contributed by atoms with Crippen LogP contribution in [0, 0.1) is 10.1 Å². The maximum Gasteiger partial charge on any atom is 0.269 e. The number of carbonyl (C=O) groups is 2. The van der Waals surface area contributed by atoms with Gasteiger partial charge in [-0.25, -0.2) is 0 Å². The molecule has 33 heavy (non-hydrogen) atoms. The van der Waals surface area contributed by atoms with Crippen LogP contribution in [0.4, 0.5) is 11.4 Å². The highest BCUT2D eigenvalue weighted by atomic mass is 32.2. The fraction of sp³-hybridized carbons (Fsp3) is 0.238. The number of non-ortho nitro benzene ring substituents is 1. The number of carbonyl (C=O) groups excluding carboxylic acids is 2. The number of hydrogen-bond acceptors (Lipinski definition) is 8. The number of nitro benzene ring substituents is 1. The Balaban J connectivity index is 1.46. The minimum atomic E-state index is -0.505. The van der Waals surface area contributed by atoms with Crippen molar-refractivity contribution in [1.82, 2.24) is 20.1 Å². The molecule has 0 aliphatic carbocycles. The molecule has 0 atom stereocenters. The first-order valence-electron chi connectivity index (χ1n) is 9.80. The third-order valence-electron chi connectivity index (χ3n) is 4.59. The number of nitro groups is 1. The molecule has 0 saturated heterocycles. The lowest BCUT2D eigenvalue weighted by molar-refractivity contribution is -0.384. The fourth-order valence-electron chi connectivity index (χ4n) is 2.79. The fourth-order valence-corrected chi connectivity index (χ4v) is 3.52. The second-order valence-electron chi connectivity index (χ2n) is 6.90. The predicted octanol–water partition coefficient (Wildman–Crippen LogP) is 2.32. The van der Waals surface area contributed by atoms with Crippen molar-refractivity contribution in [2.45, 2.75) is 18.1 Å². The zero-order valence-corrected chi connectivity index (χ0v) is 18.8. The Bertz CT molecular complexity index is 1130. The van der Waals surface area contributed by atoms with Gasteiger partial charge in [-0.2, -0.15) is 0 Å². The highest BCUT2D eigenvalue weighted by Gasteiger charge is 2.13. The third-order valence-corrected chi connectivity index (χ3v) is 5.61. The molecule has 0 aliphatic heterocycles. The standard InChI is InChI=1S/C21H22N6O5S/c1-26-18(12-22-19(28)11-14-3-9-17(32-2)10-4-14)24-25-21(26)33-13-20(29)23-15-5-7-16(8-6-15)27(30)31/h3-10H,11-13H2,1-2H3,(H,22,28)(H,23,29). The van der Waals surface area contributed by atoms with Gasteiger partial charge in [-0.3, -0.25) is 19.7 Å². The number of methoxy groups -OCH3 is 1. The van der Waals surface area contributed by atoms with Gasteiger partial charge in [-0.05, 0) is 29.8 Å². The van der Waals surface area contributed by atoms with Gasteiger partial charge >= 0.3 is 0 Å². The van der Waals surface area contributed by atoms with E-state index < -0.39 is 4.92 Å². The average Bonchev–Trinajstić information content (AvgIpc) is 3.16. The molecule has 1 heterocycles. The first kappa shape index (κ1) is 23.7. The zero-order valence-electron chi connectivity index (χ0n) is 18.0. The highest BCUT2D eigenvalue weighted by molar-refractivity contribution is 7.99. The van der Waals surface area contributed by atoms with Crippen LogP contribution < -0.4 is 15.4 Å². The summed E-state index contributed by atoms with van der Waals surface area (Å²) in [4.78, 5) is 34.6. The second-order valence-corrected chi connectivity index (χ2v) is 7.84. The van der Waals surface area contributed by atoms with Gasteiger partial charge in [0.05, 0.1) is 30.8 Å². The van der Waals surface area contributed by atoms with Crippen molar-refractivity contribution >= 4 is 35.0 Å². The molecule has 11 nitrogen and oxygen atoms in total. The molecule has 0 spiro atoms. The SMILES string of the molecule is COc1ccc(CC(=O)NCc2nnc(SCC(=O)Nc3ccc([N+](=O)[O-])cc3)n2C)cc1. The van der Waals surface area contributed by atoms with Gasteiger partial charge in [0.2, 0.25) is 11.8 Å². The van der Waals surface area contributed by atoms with Gasteiger partial charge in [0, 0.05) is 24.9 Å². The minimum Gasteiger partial charge on any atom is -0.497 e. The Kier molecular flexibility index (Phi) is 7.97. The molecule has 2 amide bonds. The van der Waals surface area contributed by atoms with Crippen molar-refractivity contribution in [3.63, 3.8) is 0 Å². The predicted molar refractivity (Wildman–Crippen MR) is 122 cm³/mol. The zero-order chi connectivity index (χ0) is 23.8. The Hall–Kier alpha value is -3.93. The molecular formula is C21H22N6O5S. The van der Waals surface area contributed by atoms with E-state index in [9.17, 15) is 19.7 Å². The summed E-state index contributed by atoms with van der Waals surface area (Å²) in [7, 11) is 3.34. The summed E-state index contributed by atoms with van der Waals surface area (Å²) in [5, 5.41) is 24.8. The molecule has 3 aromatic rings. The molecule has 12 heteroatoms. The molecule has 172 valence electrons. The smallest absolute Gasteiger partial charge is 0.269 e. The Labute approximate surface area is 193 Å². The number of hydrogen-bond donors (Lipinski definition) is 2. The number of rotatable bonds is 10. The topological polar surface area (TPSA) is 141 Å². The van der Waals surface area contributed by atoms with E-state index in [-0.39, 0.29) is 36.2 Å². The number of thioether (sulfide) groups is 1. The summed E-state index contributed by atoms with van der Waals surface area (Å²) in [5.74, 6) is 0.916. The van der Waals surface area contributed by atoms with Crippen LogP contribution in [0.5, 0.6) is 5.75 Å². The first-order valence-corrected chi connectivity index (χ1v) is 10.8. The number of aromatic nitrogens is 3. The molecule has 0 unspecified atom stereocenters. The second kappa shape index (κ2) is 11.1. The number of benzene rings is 2. The molecule has 1 aromatic heterocycles. The van der Waals surface area contributed by atoms with Crippen molar-refractivity contribution in [3.05, 3.63) is 70.0 Å². The van der Waals surface area contributed by atoms with E-state index in [0.29, 0.717) is 16.7 Å². The van der Waals surface area contributed by atoms with Gasteiger partial charge < -0.3 is 19.9 Å². The molecule has 0 fully saturated rings. The Morgan fingerprint density at radius 1 is 1.09 bits per heavy atom. The summed E-state index contributed by atoms with van der Waals surface area (Å²) in [6.07, 6.45) is 0.228. The Morgan fingerprint density at radius 3 is 2.42 bits per heavy atom. The van der Waals surface area contributed by atoms with E-state index in [4.69, 9.17) is 4.74 Å². The maximum absolute atomic E-state index is 12.2. The number of amides is 2. The normalized spacial score (nSPS) is 10.5. The highest BCUT2D eigenvalue weighted by Crippen LogP contribution is 2.18. The summed E-state index contributed by atoms with van der Waals surface area (Å²) in [6, 6.07) is 12.8. The molecule has 0 aliphatic rings. The van der Waals surface area contributed by atoms with Crippen molar-refractivity contribution in [2.24, 2.45) is 7.05 Å². The van der Waals surface area contributed by atoms with Crippen molar-refractivity contribution in [1.29, 1.82) is 0 Å². The number of nitrogens with one attached hydrogen (secondary N) is 2. The molecule has 0 bridgehead atoms. The summed E-state index contributed by atoms with van der Waals surface area (Å²) in [5.41, 5.74) is 1.27. The number of anilines is 1. The van der Waals surface area contributed by atoms with Gasteiger partial charge in [0.25, 0.3) is 5.69 Å². The lowest BCUT2D eigenvalue weighted by atomic mass is 10.1. The molecular weight excluding hydrogens is 448 g/mol. The van der Waals surface area contributed by atoms with Gasteiger partial charge in [0.15, 0.2) is 11.0 Å². The molecule has 2 aromatic carbocycles. The summed E-state index contributed by atoms with van der Waals surface area (Å²) in [6.45, 7) is 0.202. The van der Waals surface area contributed by atoms with Crippen LogP contribution in [0.1, 0.15) is 11.4 Å². The first-order chi connectivity index (χ1) is 15.9. The van der Waals surface area contributed by atoms with Crippen LogP contribution in [0.3, 0.4) is 0 Å². The van der Waals surface area contributed by atoms with E-state index in [2.05, 4.69) is 20.8 Å². The summed E-state index contributed by atoms with van der Waals surface area (Å²) < 4.78 is 6.81. The lowest BCUT2D eigenvalue weighted by Gasteiger charge is -2.07. The minimum absolute atomic E-state index is 0.0509. The van der Waals surface area contributed by atoms with Gasteiger partial charge in [0.1, 0.15) is 5.75 Å². The monoisotopic (exact) mass is 470 g/mol. The molecule has 0 radical (unpaired) electrons. The molecule has 3 rings (SSSR count). The van der Waals surface area contributed by atoms with Crippen LogP contribution in [0.15, 0.2) is 53.7 Å². The van der Waals surface area contributed by atoms with E-state index in [1.165, 1.54) is 36.0 Å². The van der Waals surface area contributed by atoms with Crippen molar-refractivity contribution in [3.8, 4) is 5.75 Å². The average molecular weight is 471 g/mol. The van der Waals surface area contributed by atoms with Crippen LogP contribution >= 0.6 is 11.8 Å².